The van der Waals surface area contributed by atoms with Crippen LogP contribution >= 0.6 is 11.8 Å². The Hall–Kier alpha value is -5.49. The lowest BCUT2D eigenvalue weighted by Gasteiger charge is -2.61. The van der Waals surface area contributed by atoms with Gasteiger partial charge in [0, 0.05) is 54.1 Å². The third-order valence-corrected chi connectivity index (χ3v) is 14.1. The molecule has 9 atom stereocenters. The maximum atomic E-state index is 14.3. The summed E-state index contributed by atoms with van der Waals surface area (Å²) in [5.41, 5.74) is 3.57. The van der Waals surface area contributed by atoms with Gasteiger partial charge in [0.15, 0.2) is 29.8 Å². The largest absolute Gasteiger partial charge is 0.493 e. The van der Waals surface area contributed by atoms with Gasteiger partial charge in [0.05, 0.1) is 30.5 Å². The summed E-state index contributed by atoms with van der Waals surface area (Å²) >= 11 is 1.33. The van der Waals surface area contributed by atoms with Crippen molar-refractivity contribution < 1.29 is 61.9 Å². The van der Waals surface area contributed by atoms with Crippen molar-refractivity contribution in [2.24, 2.45) is 5.92 Å². The predicted molar refractivity (Wildman–Crippen MR) is 238 cm³/mol. The molecule has 358 valence electrons. The number of benzene rings is 2. The average Bonchev–Trinajstić information content (AvgIpc) is 3.73. The Morgan fingerprint density at radius 3 is 2.33 bits per heavy atom. The maximum Gasteiger partial charge on any atom is 0.408 e. The van der Waals surface area contributed by atoms with Crippen molar-refractivity contribution in [3.05, 3.63) is 39.4 Å². The van der Waals surface area contributed by atoms with Crippen molar-refractivity contribution in [3.8, 4) is 34.8 Å². The molecule has 0 radical (unpaired) electrons. The van der Waals surface area contributed by atoms with Gasteiger partial charge in [-0.05, 0) is 72.1 Å². The van der Waals surface area contributed by atoms with Crippen molar-refractivity contribution in [2.75, 3.05) is 47.2 Å². The van der Waals surface area contributed by atoms with Crippen LogP contribution in [0.3, 0.4) is 0 Å². The van der Waals surface area contributed by atoms with Gasteiger partial charge in [-0.25, -0.2) is 9.59 Å². The Morgan fingerprint density at radius 2 is 1.70 bits per heavy atom. The van der Waals surface area contributed by atoms with Crippen LogP contribution in [-0.4, -0.2) is 129 Å². The Kier molecular flexibility index (Phi) is 14.0. The van der Waals surface area contributed by atoms with Gasteiger partial charge in [-0.3, -0.25) is 24.2 Å². The van der Waals surface area contributed by atoms with Crippen LogP contribution in [0.1, 0.15) is 99.2 Å². The molecule has 0 aromatic heterocycles. The number of methoxy groups -OCH3 is 2. The van der Waals surface area contributed by atoms with Crippen molar-refractivity contribution in [3.63, 3.8) is 0 Å². The molecule has 66 heavy (non-hydrogen) atoms. The first-order valence-electron chi connectivity index (χ1n) is 22.0. The number of aryl methyl sites for hydroxylation is 1. The first-order valence-corrected chi connectivity index (χ1v) is 23.0. The minimum atomic E-state index is -1.23. The van der Waals surface area contributed by atoms with E-state index in [0.29, 0.717) is 46.1 Å². The van der Waals surface area contributed by atoms with E-state index >= 15 is 0 Å². The number of nitriles is 1. The van der Waals surface area contributed by atoms with Crippen LogP contribution in [0.25, 0.3) is 0 Å². The Labute approximate surface area is 388 Å². The first kappa shape index (κ1) is 48.4. The van der Waals surface area contributed by atoms with Crippen LogP contribution in [0.2, 0.25) is 0 Å². The standard InChI is InChI=1S/C46H60N6O13S/c1-20(2)33(50-42(54)23(5)48-45(57)65-46(7,8)9)43(55)49-26-17-66-41-32-31(40-38(62-19-63-40)22(4)37(32)64-24(6)53)29(16-60-44(26)56)52-28(15-47)27-14-25-13-21(3)36(59-12)39(61-18-58-11)30(25)34(35(41)52)51(27)10/h13,20,23,26-29,33-35,41H,14,16-19H2,1-12H3,(H,48,57)(H,49,55)(H,50,54)/t23?,26?,27-,28-,29-,33?,34+,35?,41+/m0/s1. The molecule has 4 unspecified atom stereocenters. The van der Waals surface area contributed by atoms with Crippen molar-refractivity contribution in [2.45, 2.75) is 128 Å². The van der Waals surface area contributed by atoms with Crippen LogP contribution in [0.4, 0.5) is 4.79 Å². The summed E-state index contributed by atoms with van der Waals surface area (Å²) in [6.45, 7) is 14.6. The third kappa shape index (κ3) is 8.89. The number of thioether (sulfide) groups is 1. The lowest BCUT2D eigenvalue weighted by atomic mass is 9.71. The van der Waals surface area contributed by atoms with E-state index in [2.05, 4.69) is 37.9 Å². The normalized spacial score (nSPS) is 25.2. The minimum absolute atomic E-state index is 0.0553. The minimum Gasteiger partial charge on any atom is -0.493 e. The quantitative estimate of drug-likeness (QED) is 0.164. The highest BCUT2D eigenvalue weighted by atomic mass is 32.2. The van der Waals surface area contributed by atoms with Gasteiger partial charge >= 0.3 is 18.0 Å². The van der Waals surface area contributed by atoms with E-state index in [-0.39, 0.29) is 37.7 Å². The van der Waals surface area contributed by atoms with Crippen molar-refractivity contribution in [1.82, 2.24) is 25.8 Å². The molecule has 5 aliphatic heterocycles. The van der Waals surface area contributed by atoms with E-state index < -0.39 is 88.9 Å². The topological polar surface area (TPSA) is 226 Å². The fourth-order valence-corrected chi connectivity index (χ4v) is 11.4. The molecule has 3 amide bonds. The van der Waals surface area contributed by atoms with Gasteiger partial charge in [0.1, 0.15) is 42.1 Å². The van der Waals surface area contributed by atoms with Crippen LogP contribution < -0.4 is 39.6 Å². The summed E-state index contributed by atoms with van der Waals surface area (Å²) in [5, 5.41) is 18.6. The van der Waals surface area contributed by atoms with E-state index in [9.17, 15) is 29.2 Å². The highest BCUT2D eigenvalue weighted by Gasteiger charge is 2.61. The molecule has 0 spiro atoms. The van der Waals surface area contributed by atoms with Gasteiger partial charge in [-0.2, -0.15) is 5.26 Å². The molecule has 2 aromatic rings. The summed E-state index contributed by atoms with van der Waals surface area (Å²) in [6.07, 6.45) is -0.315. The predicted octanol–water partition coefficient (Wildman–Crippen LogP) is 4.05. The molecular formula is C46H60N6O13S. The number of piperazine rings is 1. The summed E-state index contributed by atoms with van der Waals surface area (Å²) < 4.78 is 47.7. The van der Waals surface area contributed by atoms with E-state index in [1.54, 1.807) is 48.7 Å². The molecule has 2 saturated heterocycles. The van der Waals surface area contributed by atoms with Gasteiger partial charge in [0.25, 0.3) is 0 Å². The molecule has 0 aliphatic carbocycles. The highest BCUT2D eigenvalue weighted by molar-refractivity contribution is 7.99. The molecule has 20 heteroatoms. The van der Waals surface area contributed by atoms with E-state index in [1.165, 1.54) is 32.7 Å². The number of esters is 2. The number of likely N-dealkylation sites (N-methyl/N-ethyl adjacent to an activating group) is 1. The highest BCUT2D eigenvalue weighted by Crippen LogP contribution is 2.64. The number of amides is 3. The second-order valence-electron chi connectivity index (χ2n) is 18.6. The molecule has 3 N–H and O–H groups in total. The second-order valence-corrected chi connectivity index (χ2v) is 19.7. The average molecular weight is 937 g/mol. The van der Waals surface area contributed by atoms with E-state index in [4.69, 9.17) is 37.9 Å². The molecule has 7 rings (SSSR count). The molecule has 5 heterocycles. The zero-order chi connectivity index (χ0) is 48.1. The third-order valence-electron chi connectivity index (χ3n) is 12.7. The number of cyclic esters (lactones) is 1. The van der Waals surface area contributed by atoms with Gasteiger partial charge in [0.2, 0.25) is 18.6 Å². The number of nitrogens with one attached hydrogen (secondary N) is 3. The number of carbonyl (C=O) groups excluding carboxylic acids is 5. The van der Waals surface area contributed by atoms with Gasteiger partial charge in [-0.1, -0.05) is 19.9 Å². The van der Waals surface area contributed by atoms with Gasteiger partial charge < -0.3 is 53.8 Å². The zero-order valence-electron chi connectivity index (χ0n) is 39.4. The fourth-order valence-electron chi connectivity index (χ4n) is 9.93. The molecule has 19 nitrogen and oxygen atoms in total. The second kappa shape index (κ2) is 19.0. The van der Waals surface area contributed by atoms with Crippen LogP contribution in [-0.2, 0) is 39.8 Å². The monoisotopic (exact) mass is 936 g/mol. The number of nitrogens with zero attached hydrogens (tertiary/aromatic N) is 3. The molecule has 5 aliphatic rings. The van der Waals surface area contributed by atoms with Crippen molar-refractivity contribution >= 4 is 41.6 Å². The zero-order valence-corrected chi connectivity index (χ0v) is 40.3. The summed E-state index contributed by atoms with van der Waals surface area (Å²) in [5.74, 6) is -1.03. The van der Waals surface area contributed by atoms with Crippen molar-refractivity contribution in [1.29, 1.82) is 5.26 Å². The number of carbonyl (C=O) groups is 5. The molecule has 4 bridgehead atoms. The van der Waals surface area contributed by atoms with E-state index in [0.717, 1.165) is 16.7 Å². The van der Waals surface area contributed by atoms with Crippen LogP contribution in [0.15, 0.2) is 6.07 Å². The van der Waals surface area contributed by atoms with Crippen LogP contribution in [0, 0.1) is 31.1 Å². The molecular weight excluding hydrogens is 877 g/mol. The lowest BCUT2D eigenvalue weighted by Crippen LogP contribution is -2.69. The summed E-state index contributed by atoms with van der Waals surface area (Å²) in [4.78, 5) is 71.7. The number of fused-ring (bicyclic) bond motifs is 9. The van der Waals surface area contributed by atoms with Gasteiger partial charge in [-0.15, -0.1) is 11.8 Å². The lowest BCUT2D eigenvalue weighted by molar-refractivity contribution is -0.153. The van der Waals surface area contributed by atoms with E-state index in [1.807, 2.05) is 14.0 Å². The summed E-state index contributed by atoms with van der Waals surface area (Å²) in [6, 6.07) is -1.73. The number of alkyl carbamates (subject to hydrolysis) is 1. The Bertz CT molecular complexity index is 2330. The number of ether oxygens (including phenoxy) is 8. The Balaban J connectivity index is 1.34. The molecule has 2 aromatic carbocycles. The SMILES string of the molecule is COCOc1c(OC)c(C)cc2c1[C@@H]1C3[C@@H]4SCC(NC(=O)C(NC(=O)C(C)NC(=O)OC(C)(C)C)C(C)C)C(=O)OC[C@@H](c5c6c(c(C)c(OC(C)=O)c54)OCO6)N3[C@@H](C#N)[C@H](C2)N1C. The fraction of sp³-hybridized carbons (Fsp3) is 0.609. The van der Waals surface area contributed by atoms with Crippen LogP contribution in [0.5, 0.6) is 28.7 Å². The first-order chi connectivity index (χ1) is 31.2. The molecule has 0 saturated carbocycles. The number of rotatable bonds is 11. The smallest absolute Gasteiger partial charge is 0.408 e. The molecule has 2 fully saturated rings. The Morgan fingerprint density at radius 1 is 0.985 bits per heavy atom. The maximum absolute atomic E-state index is 14.3. The number of hydrogen-bond acceptors (Lipinski definition) is 17. The summed E-state index contributed by atoms with van der Waals surface area (Å²) in [7, 11) is 5.10. The number of hydrogen-bond donors (Lipinski definition) is 3.